The first kappa shape index (κ1) is 23.5. The molecule has 0 atom stereocenters. The molecule has 8 nitrogen and oxygen atoms in total. The van der Waals surface area contributed by atoms with Gasteiger partial charge in [-0.1, -0.05) is 31.5 Å². The molecule has 12 heteroatoms. The van der Waals surface area contributed by atoms with Gasteiger partial charge in [0.15, 0.2) is 5.82 Å². The average molecular weight is 517 g/mol. The first-order valence-corrected chi connectivity index (χ1v) is 14.1. The van der Waals surface area contributed by atoms with Crippen LogP contribution >= 0.6 is 22.9 Å². The summed E-state index contributed by atoms with van der Waals surface area (Å²) in [6, 6.07) is 7.66. The maximum Gasteiger partial charge on any atom is 0.293 e. The molecule has 0 unspecified atom stereocenters. The van der Waals surface area contributed by atoms with Crippen LogP contribution < -0.4 is 4.90 Å². The van der Waals surface area contributed by atoms with Gasteiger partial charge < -0.3 is 4.90 Å². The van der Waals surface area contributed by atoms with Gasteiger partial charge in [-0.2, -0.15) is 12.5 Å². The van der Waals surface area contributed by atoms with Crippen molar-refractivity contribution in [2.75, 3.05) is 32.1 Å². The summed E-state index contributed by atoms with van der Waals surface area (Å²) >= 11 is 7.19. The average Bonchev–Trinajstić information content (AvgIpc) is 3.35. The lowest BCUT2D eigenvalue weighted by atomic mass is 9.82. The third kappa shape index (κ3) is 3.94. The SMILES string of the molecule is CN(C)S(=O)(=O)c1ccc(S(=O)(=O)n2nc(N3CCC(C)(C)CC3)c3c(Cl)cccc32)s1. The number of rotatable bonds is 5. The number of thiophene rings is 1. The van der Waals surface area contributed by atoms with Crippen LogP contribution in [0, 0.1) is 5.41 Å². The van der Waals surface area contributed by atoms with Gasteiger partial charge in [-0.15, -0.1) is 16.4 Å². The van der Waals surface area contributed by atoms with Gasteiger partial charge in [0.05, 0.1) is 15.9 Å². The van der Waals surface area contributed by atoms with Gasteiger partial charge in [0.25, 0.3) is 20.0 Å². The molecule has 4 rings (SSSR count). The van der Waals surface area contributed by atoms with E-state index >= 15 is 0 Å². The van der Waals surface area contributed by atoms with E-state index in [1.54, 1.807) is 18.2 Å². The quantitative estimate of drug-likeness (QED) is 0.511. The van der Waals surface area contributed by atoms with E-state index in [0.717, 1.165) is 34.3 Å². The Bertz CT molecular complexity index is 1380. The van der Waals surface area contributed by atoms with Crippen LogP contribution in [0.25, 0.3) is 10.9 Å². The maximum absolute atomic E-state index is 13.5. The minimum Gasteiger partial charge on any atom is -0.355 e. The van der Waals surface area contributed by atoms with Crippen molar-refractivity contribution in [2.45, 2.75) is 35.1 Å². The molecule has 3 heterocycles. The van der Waals surface area contributed by atoms with E-state index in [2.05, 4.69) is 23.8 Å². The molecule has 0 bridgehead atoms. The van der Waals surface area contributed by atoms with Crippen LogP contribution in [0.4, 0.5) is 5.82 Å². The van der Waals surface area contributed by atoms with E-state index in [1.807, 2.05) is 0 Å². The lowest BCUT2D eigenvalue weighted by molar-refractivity contribution is 0.279. The Labute approximate surface area is 197 Å². The molecule has 1 saturated heterocycles. The van der Waals surface area contributed by atoms with Crippen LogP contribution in [0.1, 0.15) is 26.7 Å². The molecule has 1 fully saturated rings. The number of nitrogens with zero attached hydrogens (tertiary/aromatic N) is 4. The zero-order valence-electron chi connectivity index (χ0n) is 18.2. The molecule has 0 amide bonds. The summed E-state index contributed by atoms with van der Waals surface area (Å²) in [6.07, 6.45) is 1.91. The highest BCUT2D eigenvalue weighted by atomic mass is 35.5. The number of halogens is 1. The highest BCUT2D eigenvalue weighted by Crippen LogP contribution is 2.39. The summed E-state index contributed by atoms with van der Waals surface area (Å²) in [5.74, 6) is 0.530. The summed E-state index contributed by atoms with van der Waals surface area (Å²) in [5, 5.41) is 5.49. The van der Waals surface area contributed by atoms with Crippen LogP contribution in [0.15, 0.2) is 38.8 Å². The van der Waals surface area contributed by atoms with Crippen LogP contribution in [0.5, 0.6) is 0 Å². The molecule has 1 aromatic carbocycles. The number of anilines is 1. The number of piperidine rings is 1. The standard InChI is InChI=1S/C20H25ClN4O4S3/c1-20(2)10-12-24(13-11-20)19-18-14(21)6-5-7-15(18)25(22-19)32(28,29)17-9-8-16(30-17)31(26,27)23(3)4/h5-9H,10-13H2,1-4H3. The van der Waals surface area contributed by atoms with Crippen molar-refractivity contribution in [3.8, 4) is 0 Å². The van der Waals surface area contributed by atoms with Crippen LogP contribution in [-0.2, 0) is 20.0 Å². The molecule has 0 saturated carbocycles. The summed E-state index contributed by atoms with van der Waals surface area (Å²) in [7, 11) is -5.07. The Morgan fingerprint density at radius 3 is 2.28 bits per heavy atom. The van der Waals surface area contributed by atoms with E-state index in [1.165, 1.54) is 26.2 Å². The second-order valence-corrected chi connectivity index (χ2v) is 14.7. The first-order valence-electron chi connectivity index (χ1n) is 10.0. The predicted octanol–water partition coefficient (Wildman–Crippen LogP) is 3.86. The Balaban J connectivity index is 1.83. The molecule has 2 aromatic heterocycles. The monoisotopic (exact) mass is 516 g/mol. The Kier molecular flexibility index (Phi) is 5.86. The topological polar surface area (TPSA) is 92.6 Å². The van der Waals surface area contributed by atoms with Crippen LogP contribution in [0.3, 0.4) is 0 Å². The number of benzene rings is 1. The van der Waals surface area contributed by atoms with E-state index in [0.29, 0.717) is 33.1 Å². The van der Waals surface area contributed by atoms with Gasteiger partial charge in [-0.05, 0) is 42.5 Å². The van der Waals surface area contributed by atoms with Gasteiger partial charge in [-0.3, -0.25) is 0 Å². The van der Waals surface area contributed by atoms with Crippen molar-refractivity contribution in [3.63, 3.8) is 0 Å². The van der Waals surface area contributed by atoms with Crippen molar-refractivity contribution in [1.29, 1.82) is 0 Å². The van der Waals surface area contributed by atoms with Gasteiger partial charge in [0.1, 0.15) is 8.42 Å². The fraction of sp³-hybridized carbons (Fsp3) is 0.450. The van der Waals surface area contributed by atoms with Crippen LogP contribution in [-0.4, -0.2) is 57.5 Å². The molecule has 1 aliphatic rings. The van der Waals surface area contributed by atoms with E-state index in [4.69, 9.17) is 11.6 Å². The largest absolute Gasteiger partial charge is 0.355 e. The molecular weight excluding hydrogens is 492 g/mol. The normalized spacial score (nSPS) is 17.4. The second kappa shape index (κ2) is 7.98. The number of sulfonamides is 1. The summed E-state index contributed by atoms with van der Waals surface area (Å²) in [6.45, 7) is 5.92. The number of hydrogen-bond acceptors (Lipinski definition) is 7. The Hall–Kier alpha value is -1.66. The highest BCUT2D eigenvalue weighted by molar-refractivity contribution is 7.94. The zero-order valence-corrected chi connectivity index (χ0v) is 21.4. The number of hydrogen-bond donors (Lipinski definition) is 0. The molecule has 174 valence electrons. The number of aromatic nitrogens is 2. The summed E-state index contributed by atoms with van der Waals surface area (Å²) < 4.78 is 53.7. The van der Waals surface area contributed by atoms with E-state index in [9.17, 15) is 16.8 Å². The molecule has 32 heavy (non-hydrogen) atoms. The predicted molar refractivity (Wildman–Crippen MR) is 128 cm³/mol. The fourth-order valence-corrected chi connectivity index (χ4v) is 8.19. The van der Waals surface area contributed by atoms with E-state index < -0.39 is 20.0 Å². The fourth-order valence-electron chi connectivity index (χ4n) is 3.66. The van der Waals surface area contributed by atoms with Crippen molar-refractivity contribution in [3.05, 3.63) is 35.4 Å². The Morgan fingerprint density at radius 1 is 1.03 bits per heavy atom. The molecule has 0 aliphatic carbocycles. The third-order valence-corrected chi connectivity index (χ3v) is 11.5. The number of fused-ring (bicyclic) bond motifs is 1. The Morgan fingerprint density at radius 2 is 1.66 bits per heavy atom. The smallest absolute Gasteiger partial charge is 0.293 e. The maximum atomic E-state index is 13.5. The van der Waals surface area contributed by atoms with Gasteiger partial charge in [-0.25, -0.2) is 12.7 Å². The minimum atomic E-state index is -4.13. The van der Waals surface area contributed by atoms with Gasteiger partial charge in [0.2, 0.25) is 0 Å². The molecule has 1 aliphatic heterocycles. The molecule has 3 aromatic rings. The third-order valence-electron chi connectivity index (χ3n) is 5.80. The highest BCUT2D eigenvalue weighted by Gasteiger charge is 2.32. The molecule has 0 radical (unpaired) electrons. The minimum absolute atomic E-state index is 0.0472. The van der Waals surface area contributed by atoms with E-state index in [-0.39, 0.29) is 13.8 Å². The lowest BCUT2D eigenvalue weighted by Gasteiger charge is -2.37. The molecule has 0 spiro atoms. The van der Waals surface area contributed by atoms with Crippen molar-refractivity contribution >= 4 is 59.7 Å². The molecule has 0 N–H and O–H groups in total. The molecular formula is C20H25ClN4O4S3. The van der Waals surface area contributed by atoms with Crippen molar-refractivity contribution in [2.24, 2.45) is 5.41 Å². The van der Waals surface area contributed by atoms with Gasteiger partial charge >= 0.3 is 0 Å². The summed E-state index contributed by atoms with van der Waals surface area (Å²) in [4.78, 5) is 2.07. The van der Waals surface area contributed by atoms with Gasteiger partial charge in [0, 0.05) is 27.2 Å². The van der Waals surface area contributed by atoms with Crippen molar-refractivity contribution in [1.82, 2.24) is 13.5 Å². The zero-order chi connectivity index (χ0) is 23.5. The second-order valence-electron chi connectivity index (χ2n) is 8.82. The van der Waals surface area contributed by atoms with Crippen molar-refractivity contribution < 1.29 is 16.8 Å². The first-order chi connectivity index (χ1) is 14.8. The van der Waals surface area contributed by atoms with Crippen LogP contribution in [0.2, 0.25) is 5.02 Å². The lowest BCUT2D eigenvalue weighted by Crippen LogP contribution is -2.37. The summed E-state index contributed by atoms with van der Waals surface area (Å²) in [5.41, 5.74) is 0.582.